The topological polar surface area (TPSA) is 45.1 Å². The van der Waals surface area contributed by atoms with E-state index in [2.05, 4.69) is 26.2 Å². The molecule has 1 aliphatic carbocycles. The maximum Gasteiger partial charge on any atom is 0.126 e. The van der Waals surface area contributed by atoms with Crippen LogP contribution in [0.1, 0.15) is 25.7 Å². The molecular weight excluding hydrogens is 256 g/mol. The number of aliphatic hydroxyl groups is 1. The fourth-order valence-corrected chi connectivity index (χ4v) is 2.13. The van der Waals surface area contributed by atoms with E-state index in [9.17, 15) is 5.11 Å². The Labute approximate surface area is 98.0 Å². The van der Waals surface area contributed by atoms with Crippen LogP contribution < -0.4 is 5.32 Å². The van der Waals surface area contributed by atoms with Gasteiger partial charge < -0.3 is 10.4 Å². The predicted octanol–water partition coefficient (Wildman–Crippen LogP) is 2.56. The Hall–Kier alpha value is -0.610. The Balaban J connectivity index is 1.89. The lowest BCUT2D eigenvalue weighted by Gasteiger charge is -2.26. The molecule has 0 radical (unpaired) electrons. The lowest BCUT2D eigenvalue weighted by molar-refractivity contribution is 0.126. The Kier molecular flexibility index (Phi) is 3.59. The Bertz CT molecular complexity index is 307. The second kappa shape index (κ2) is 4.94. The van der Waals surface area contributed by atoms with Crippen molar-refractivity contribution in [3.05, 3.63) is 22.8 Å². The van der Waals surface area contributed by atoms with Gasteiger partial charge in [-0.15, -0.1) is 0 Å². The molecular formula is C11H15BrN2O. The summed E-state index contributed by atoms with van der Waals surface area (Å²) in [6.07, 6.45) is 5.54. The van der Waals surface area contributed by atoms with Crippen molar-refractivity contribution in [1.82, 2.24) is 4.98 Å². The van der Waals surface area contributed by atoms with Gasteiger partial charge in [0.05, 0.1) is 6.10 Å². The summed E-state index contributed by atoms with van der Waals surface area (Å²) in [4.78, 5) is 4.27. The Morgan fingerprint density at radius 3 is 2.60 bits per heavy atom. The third-order valence-electron chi connectivity index (χ3n) is 2.78. The normalized spacial score (nSPS) is 26.3. The molecule has 1 fully saturated rings. The monoisotopic (exact) mass is 270 g/mol. The van der Waals surface area contributed by atoms with Crippen LogP contribution in [0.2, 0.25) is 0 Å². The molecule has 1 saturated carbocycles. The number of halogens is 1. The number of rotatable bonds is 2. The Morgan fingerprint density at radius 1 is 1.27 bits per heavy atom. The molecule has 1 aromatic heterocycles. The zero-order valence-corrected chi connectivity index (χ0v) is 10.1. The summed E-state index contributed by atoms with van der Waals surface area (Å²) in [5, 5.41) is 12.8. The van der Waals surface area contributed by atoms with E-state index < -0.39 is 0 Å². The average molecular weight is 271 g/mol. The van der Waals surface area contributed by atoms with Crippen molar-refractivity contribution in [3.8, 4) is 0 Å². The van der Waals surface area contributed by atoms with E-state index in [0.29, 0.717) is 6.04 Å². The van der Waals surface area contributed by atoms with E-state index in [1.807, 2.05) is 12.1 Å². The number of anilines is 1. The molecule has 1 aromatic rings. The second-order valence-electron chi connectivity index (χ2n) is 4.01. The molecule has 82 valence electrons. The van der Waals surface area contributed by atoms with Gasteiger partial charge in [0.1, 0.15) is 5.82 Å². The van der Waals surface area contributed by atoms with Gasteiger partial charge in [-0.2, -0.15) is 0 Å². The molecule has 0 atom stereocenters. The van der Waals surface area contributed by atoms with Crippen LogP contribution in [-0.2, 0) is 0 Å². The third kappa shape index (κ3) is 3.18. The summed E-state index contributed by atoms with van der Waals surface area (Å²) in [5.74, 6) is 0.916. The van der Waals surface area contributed by atoms with Gasteiger partial charge in [-0.1, -0.05) is 0 Å². The molecule has 1 heterocycles. The molecule has 0 unspecified atom stereocenters. The van der Waals surface area contributed by atoms with Crippen LogP contribution in [-0.4, -0.2) is 22.2 Å². The third-order valence-corrected chi connectivity index (χ3v) is 3.25. The summed E-state index contributed by atoms with van der Waals surface area (Å²) >= 11 is 3.36. The summed E-state index contributed by atoms with van der Waals surface area (Å²) in [5.41, 5.74) is 0. The largest absolute Gasteiger partial charge is 0.393 e. The van der Waals surface area contributed by atoms with Crippen molar-refractivity contribution in [1.29, 1.82) is 0 Å². The van der Waals surface area contributed by atoms with Gasteiger partial charge in [-0.05, 0) is 53.7 Å². The van der Waals surface area contributed by atoms with Crippen molar-refractivity contribution >= 4 is 21.7 Å². The molecule has 0 spiro atoms. The average Bonchev–Trinajstić information content (AvgIpc) is 2.25. The number of hydrogen-bond donors (Lipinski definition) is 2. The fourth-order valence-electron chi connectivity index (χ4n) is 1.89. The summed E-state index contributed by atoms with van der Waals surface area (Å²) < 4.78 is 0.993. The van der Waals surface area contributed by atoms with E-state index >= 15 is 0 Å². The first-order valence-corrected chi connectivity index (χ1v) is 6.09. The molecule has 0 aromatic carbocycles. The number of nitrogens with zero attached hydrogens (tertiary/aromatic N) is 1. The minimum atomic E-state index is -0.0964. The van der Waals surface area contributed by atoms with Gasteiger partial charge in [-0.25, -0.2) is 4.98 Å². The highest BCUT2D eigenvalue weighted by Gasteiger charge is 2.19. The molecule has 2 N–H and O–H groups in total. The first kappa shape index (κ1) is 10.9. The molecule has 0 saturated heterocycles. The van der Waals surface area contributed by atoms with Crippen LogP contribution in [0, 0.1) is 0 Å². The first-order chi connectivity index (χ1) is 7.24. The van der Waals surface area contributed by atoms with Gasteiger partial charge in [-0.3, -0.25) is 0 Å². The van der Waals surface area contributed by atoms with Crippen molar-refractivity contribution < 1.29 is 5.11 Å². The lowest BCUT2D eigenvalue weighted by atomic mass is 9.93. The molecule has 1 aliphatic rings. The zero-order valence-electron chi connectivity index (χ0n) is 8.49. The number of pyridine rings is 1. The van der Waals surface area contributed by atoms with E-state index in [4.69, 9.17) is 0 Å². The van der Waals surface area contributed by atoms with Crippen molar-refractivity contribution in [2.75, 3.05) is 5.32 Å². The summed E-state index contributed by atoms with van der Waals surface area (Å²) in [6, 6.07) is 4.41. The number of nitrogens with one attached hydrogen (secondary N) is 1. The highest BCUT2D eigenvalue weighted by molar-refractivity contribution is 9.10. The minimum absolute atomic E-state index is 0.0964. The van der Waals surface area contributed by atoms with Crippen molar-refractivity contribution in [2.45, 2.75) is 37.8 Å². The Morgan fingerprint density at radius 2 is 2.00 bits per heavy atom. The molecule has 15 heavy (non-hydrogen) atoms. The second-order valence-corrected chi connectivity index (χ2v) is 4.93. The van der Waals surface area contributed by atoms with Gasteiger partial charge in [0, 0.05) is 16.7 Å². The summed E-state index contributed by atoms with van der Waals surface area (Å²) in [6.45, 7) is 0. The predicted molar refractivity (Wildman–Crippen MR) is 63.8 cm³/mol. The highest BCUT2D eigenvalue weighted by atomic mass is 79.9. The van der Waals surface area contributed by atoms with E-state index in [1.165, 1.54) is 0 Å². The molecule has 3 nitrogen and oxygen atoms in total. The SMILES string of the molecule is OC1CCC(Nc2ccc(Br)cn2)CC1. The van der Waals surface area contributed by atoms with E-state index in [0.717, 1.165) is 36.0 Å². The molecule has 0 amide bonds. The van der Waals surface area contributed by atoms with Gasteiger partial charge in [0.25, 0.3) is 0 Å². The summed E-state index contributed by atoms with van der Waals surface area (Å²) in [7, 11) is 0. The van der Waals surface area contributed by atoms with Gasteiger partial charge in [0.2, 0.25) is 0 Å². The van der Waals surface area contributed by atoms with Crippen LogP contribution >= 0.6 is 15.9 Å². The molecule has 4 heteroatoms. The van der Waals surface area contributed by atoms with Gasteiger partial charge in [0.15, 0.2) is 0 Å². The molecule has 0 aliphatic heterocycles. The maximum absolute atomic E-state index is 9.38. The van der Waals surface area contributed by atoms with Crippen LogP contribution in [0.15, 0.2) is 22.8 Å². The van der Waals surface area contributed by atoms with Crippen molar-refractivity contribution in [3.63, 3.8) is 0 Å². The van der Waals surface area contributed by atoms with Crippen LogP contribution in [0.3, 0.4) is 0 Å². The quantitative estimate of drug-likeness (QED) is 0.869. The van der Waals surface area contributed by atoms with Crippen molar-refractivity contribution in [2.24, 2.45) is 0 Å². The highest BCUT2D eigenvalue weighted by Crippen LogP contribution is 2.21. The van der Waals surface area contributed by atoms with Crippen LogP contribution in [0.5, 0.6) is 0 Å². The maximum atomic E-state index is 9.38. The standard InChI is InChI=1S/C11H15BrN2O/c12-8-1-6-11(13-7-8)14-9-2-4-10(15)5-3-9/h1,6-7,9-10,15H,2-5H2,(H,13,14). The smallest absolute Gasteiger partial charge is 0.126 e. The van der Waals surface area contributed by atoms with Gasteiger partial charge >= 0.3 is 0 Å². The minimum Gasteiger partial charge on any atom is -0.393 e. The van der Waals surface area contributed by atoms with Crippen LogP contribution in [0.25, 0.3) is 0 Å². The van der Waals surface area contributed by atoms with E-state index in [1.54, 1.807) is 6.20 Å². The molecule has 0 bridgehead atoms. The fraction of sp³-hybridized carbons (Fsp3) is 0.545. The zero-order chi connectivity index (χ0) is 10.7. The number of aliphatic hydroxyl groups excluding tert-OH is 1. The molecule has 2 rings (SSSR count). The lowest BCUT2D eigenvalue weighted by Crippen LogP contribution is -2.28. The van der Waals surface area contributed by atoms with E-state index in [-0.39, 0.29) is 6.10 Å². The number of aromatic nitrogens is 1. The number of hydrogen-bond acceptors (Lipinski definition) is 3. The first-order valence-electron chi connectivity index (χ1n) is 5.30. The van der Waals surface area contributed by atoms with Crippen LogP contribution in [0.4, 0.5) is 5.82 Å².